The van der Waals surface area contributed by atoms with Gasteiger partial charge in [-0.3, -0.25) is 15.1 Å². The summed E-state index contributed by atoms with van der Waals surface area (Å²) < 4.78 is 1.59. The van der Waals surface area contributed by atoms with E-state index in [0.717, 1.165) is 33.2 Å². The van der Waals surface area contributed by atoms with Crippen molar-refractivity contribution < 1.29 is 14.7 Å². The van der Waals surface area contributed by atoms with Crippen LogP contribution in [-0.4, -0.2) is 42.1 Å². The number of pyridine rings is 2. The Bertz CT molecular complexity index is 1340. The van der Waals surface area contributed by atoms with Crippen molar-refractivity contribution in [3.05, 3.63) is 76.4 Å². The van der Waals surface area contributed by atoms with Crippen LogP contribution in [0.1, 0.15) is 38.4 Å². The summed E-state index contributed by atoms with van der Waals surface area (Å²) in [6.07, 6.45) is 2.21. The molecule has 168 valence electrons. The molecule has 0 aliphatic carbocycles. The van der Waals surface area contributed by atoms with Gasteiger partial charge in [0.25, 0.3) is 5.91 Å². The zero-order valence-corrected chi connectivity index (χ0v) is 18.5. The molecule has 3 heterocycles. The molecule has 0 atom stereocenters. The van der Waals surface area contributed by atoms with Gasteiger partial charge in [0.15, 0.2) is 5.69 Å². The van der Waals surface area contributed by atoms with Crippen molar-refractivity contribution in [2.75, 3.05) is 5.32 Å². The van der Waals surface area contributed by atoms with Crippen LogP contribution in [-0.2, 0) is 13.1 Å². The first-order valence-corrected chi connectivity index (χ1v) is 10.3. The molecule has 1 aromatic carbocycles. The Balaban J connectivity index is 1.41. The van der Waals surface area contributed by atoms with Crippen molar-refractivity contribution >= 4 is 28.7 Å². The second-order valence-electron chi connectivity index (χ2n) is 7.84. The summed E-state index contributed by atoms with van der Waals surface area (Å²) in [6.45, 7) is 6.30. The van der Waals surface area contributed by atoms with E-state index >= 15 is 0 Å². The van der Waals surface area contributed by atoms with E-state index in [1.54, 1.807) is 30.1 Å². The number of anilines is 1. The van der Waals surface area contributed by atoms with E-state index in [4.69, 9.17) is 5.11 Å². The van der Waals surface area contributed by atoms with E-state index in [2.05, 4.69) is 30.9 Å². The van der Waals surface area contributed by atoms with Crippen LogP contribution in [0, 0.1) is 20.8 Å². The van der Waals surface area contributed by atoms with Gasteiger partial charge in [0.1, 0.15) is 5.82 Å². The maximum absolute atomic E-state index is 12.6. The molecule has 0 unspecified atom stereocenters. The Morgan fingerprint density at radius 3 is 2.70 bits per heavy atom. The fourth-order valence-corrected chi connectivity index (χ4v) is 3.59. The topological polar surface area (TPSA) is 135 Å². The fraction of sp³-hybridized carbons (Fsp3) is 0.217. The second-order valence-corrected chi connectivity index (χ2v) is 7.84. The molecule has 10 nitrogen and oxygen atoms in total. The van der Waals surface area contributed by atoms with Crippen molar-refractivity contribution in [3.8, 4) is 0 Å². The number of carboxylic acid groups (broad SMARTS) is 1. The van der Waals surface area contributed by atoms with E-state index in [1.165, 1.54) is 0 Å². The van der Waals surface area contributed by atoms with Gasteiger partial charge in [-0.05, 0) is 61.2 Å². The number of nitrogens with one attached hydrogen (secondary N) is 2. The SMILES string of the molecule is Cc1ccc2cc(Cn3cc(C(=O)NCc4c(C)cc(NC(=O)O)nc4C)nn3)cnc2c1. The zero-order chi connectivity index (χ0) is 23.5. The van der Waals surface area contributed by atoms with E-state index in [9.17, 15) is 9.59 Å². The molecule has 0 bridgehead atoms. The van der Waals surface area contributed by atoms with Crippen LogP contribution in [0.25, 0.3) is 10.9 Å². The van der Waals surface area contributed by atoms with Crippen LogP contribution in [0.15, 0.2) is 42.7 Å². The summed E-state index contributed by atoms with van der Waals surface area (Å²) in [7, 11) is 0. The lowest BCUT2D eigenvalue weighted by molar-refractivity contribution is 0.0945. The number of amides is 2. The number of rotatable bonds is 6. The van der Waals surface area contributed by atoms with Crippen LogP contribution in [0.2, 0.25) is 0 Å². The first-order valence-electron chi connectivity index (χ1n) is 10.3. The van der Waals surface area contributed by atoms with Crippen LogP contribution in [0.4, 0.5) is 10.6 Å². The largest absolute Gasteiger partial charge is 0.465 e. The summed E-state index contributed by atoms with van der Waals surface area (Å²) in [6, 6.07) is 9.78. The van der Waals surface area contributed by atoms with Gasteiger partial charge in [-0.15, -0.1) is 5.10 Å². The average Bonchev–Trinajstić information content (AvgIpc) is 3.21. The molecule has 2 amide bonds. The summed E-state index contributed by atoms with van der Waals surface area (Å²) in [5, 5.41) is 23.0. The monoisotopic (exact) mass is 445 g/mol. The van der Waals surface area contributed by atoms with E-state index < -0.39 is 6.09 Å². The highest BCUT2D eigenvalue weighted by Gasteiger charge is 2.14. The van der Waals surface area contributed by atoms with Gasteiger partial charge in [-0.25, -0.2) is 14.5 Å². The number of carbonyl (C=O) groups excluding carboxylic acids is 1. The number of benzene rings is 1. The highest BCUT2D eigenvalue weighted by molar-refractivity contribution is 5.91. The van der Waals surface area contributed by atoms with Crippen LogP contribution < -0.4 is 10.6 Å². The molecule has 0 aliphatic heterocycles. The lowest BCUT2D eigenvalue weighted by atomic mass is 10.1. The Kier molecular flexibility index (Phi) is 5.99. The third-order valence-corrected chi connectivity index (χ3v) is 5.23. The number of hydrogen-bond acceptors (Lipinski definition) is 6. The van der Waals surface area contributed by atoms with Gasteiger partial charge in [0.05, 0.1) is 18.3 Å². The number of nitrogens with zero attached hydrogens (tertiary/aromatic N) is 5. The molecule has 0 fully saturated rings. The molecule has 4 aromatic rings. The normalized spacial score (nSPS) is 10.9. The minimum Gasteiger partial charge on any atom is -0.465 e. The van der Waals surface area contributed by atoms with Crippen molar-refractivity contribution in [1.82, 2.24) is 30.3 Å². The number of fused-ring (bicyclic) bond motifs is 1. The number of aryl methyl sites for hydroxylation is 3. The highest BCUT2D eigenvalue weighted by atomic mass is 16.4. The molecular weight excluding hydrogens is 422 g/mol. The van der Waals surface area contributed by atoms with Gasteiger partial charge in [0.2, 0.25) is 0 Å². The number of hydrogen-bond donors (Lipinski definition) is 3. The maximum Gasteiger partial charge on any atom is 0.410 e. The van der Waals surface area contributed by atoms with E-state index in [0.29, 0.717) is 12.2 Å². The maximum atomic E-state index is 12.6. The fourth-order valence-electron chi connectivity index (χ4n) is 3.59. The first kappa shape index (κ1) is 21.9. The lowest BCUT2D eigenvalue weighted by Gasteiger charge is -2.12. The molecule has 3 N–H and O–H groups in total. The summed E-state index contributed by atoms with van der Waals surface area (Å²) in [4.78, 5) is 32.1. The van der Waals surface area contributed by atoms with Crippen molar-refractivity contribution in [2.45, 2.75) is 33.9 Å². The molecule has 0 saturated carbocycles. The Morgan fingerprint density at radius 2 is 1.94 bits per heavy atom. The first-order chi connectivity index (χ1) is 15.8. The Hall–Kier alpha value is -4.34. The quantitative estimate of drug-likeness (QED) is 0.415. The van der Waals surface area contributed by atoms with Crippen LogP contribution >= 0.6 is 0 Å². The van der Waals surface area contributed by atoms with Crippen molar-refractivity contribution in [1.29, 1.82) is 0 Å². The molecule has 4 rings (SSSR count). The van der Waals surface area contributed by atoms with Gasteiger partial charge >= 0.3 is 6.09 Å². The molecule has 0 radical (unpaired) electrons. The minimum atomic E-state index is -1.18. The molecule has 0 aliphatic rings. The smallest absolute Gasteiger partial charge is 0.410 e. The van der Waals surface area contributed by atoms with Gasteiger partial charge < -0.3 is 10.4 Å². The third-order valence-electron chi connectivity index (χ3n) is 5.23. The van der Waals surface area contributed by atoms with E-state index in [-0.39, 0.29) is 24.0 Å². The predicted molar refractivity (Wildman–Crippen MR) is 122 cm³/mol. The molecule has 10 heteroatoms. The second kappa shape index (κ2) is 9.03. The highest BCUT2D eigenvalue weighted by Crippen LogP contribution is 2.17. The minimum absolute atomic E-state index is 0.201. The third kappa shape index (κ3) is 5.12. The molecule has 33 heavy (non-hydrogen) atoms. The van der Waals surface area contributed by atoms with Gasteiger partial charge in [-0.1, -0.05) is 17.3 Å². The van der Waals surface area contributed by atoms with Crippen molar-refractivity contribution in [3.63, 3.8) is 0 Å². The van der Waals surface area contributed by atoms with Gasteiger partial charge in [0, 0.05) is 23.8 Å². The molecule has 0 spiro atoms. The summed E-state index contributed by atoms with van der Waals surface area (Å²) in [5.41, 5.74) is 5.50. The molecule has 3 aromatic heterocycles. The molecule has 0 saturated heterocycles. The lowest BCUT2D eigenvalue weighted by Crippen LogP contribution is -2.24. The zero-order valence-electron chi connectivity index (χ0n) is 18.5. The molecular formula is C23H23N7O3. The summed E-state index contributed by atoms with van der Waals surface area (Å²) >= 11 is 0. The van der Waals surface area contributed by atoms with Crippen LogP contribution in [0.3, 0.4) is 0 Å². The Morgan fingerprint density at radius 1 is 1.12 bits per heavy atom. The van der Waals surface area contributed by atoms with Gasteiger partial charge in [-0.2, -0.15) is 0 Å². The Labute approximate surface area is 189 Å². The predicted octanol–water partition coefficient (Wildman–Crippen LogP) is 3.21. The summed E-state index contributed by atoms with van der Waals surface area (Å²) in [5.74, 6) is -0.117. The van der Waals surface area contributed by atoms with Crippen molar-refractivity contribution in [2.24, 2.45) is 0 Å². The van der Waals surface area contributed by atoms with E-state index in [1.807, 2.05) is 38.1 Å². The standard InChI is InChI=1S/C23H23N7O3/c1-13-4-5-17-8-16(9-24-19(17)6-13)11-30-12-20(28-29-30)22(31)25-10-18-14(2)7-21(26-15(18)3)27-23(32)33/h4-9,12H,10-11H2,1-3H3,(H,25,31)(H,26,27)(H,32,33). The number of carbonyl (C=O) groups is 2. The number of aromatic nitrogens is 5. The van der Waals surface area contributed by atoms with Crippen LogP contribution in [0.5, 0.6) is 0 Å². The average molecular weight is 445 g/mol.